The molecule has 3 unspecified atom stereocenters. The Morgan fingerprint density at radius 1 is 0.944 bits per heavy atom. The fraction of sp³-hybridized carbons (Fsp3) is 0.364. The molecule has 0 saturated heterocycles. The monoisotopic (exact) mass is 503 g/mol. The Labute approximate surface area is 205 Å². The summed E-state index contributed by atoms with van der Waals surface area (Å²) in [5.74, 6) is -5.41. The van der Waals surface area contributed by atoms with Gasteiger partial charge < -0.3 is 43.2 Å². The highest BCUT2D eigenvalue weighted by atomic mass is 16.4. The normalized spacial score (nSPS) is 13.2. The van der Waals surface area contributed by atoms with E-state index in [2.05, 4.69) is 20.9 Å². The Morgan fingerprint density at radius 3 is 2.28 bits per heavy atom. The van der Waals surface area contributed by atoms with Gasteiger partial charge in [-0.2, -0.15) is 0 Å². The average Bonchev–Trinajstić information content (AvgIpc) is 3.22. The molecule has 14 nitrogen and oxygen atoms in total. The summed E-state index contributed by atoms with van der Waals surface area (Å²) in [7, 11) is 0. The maximum atomic E-state index is 12.8. The van der Waals surface area contributed by atoms with Crippen LogP contribution in [0.5, 0.6) is 0 Å². The van der Waals surface area contributed by atoms with Crippen LogP contribution in [-0.2, 0) is 35.2 Å². The number of fused-ring (bicyclic) bond motifs is 1. The third-order valence-corrected chi connectivity index (χ3v) is 5.23. The van der Waals surface area contributed by atoms with Crippen LogP contribution < -0.4 is 33.2 Å². The average molecular weight is 504 g/mol. The summed E-state index contributed by atoms with van der Waals surface area (Å²) >= 11 is 0. The van der Waals surface area contributed by atoms with E-state index in [9.17, 15) is 33.9 Å². The molecule has 3 atom stereocenters. The number of carboxylic acid groups (broad SMARTS) is 1. The lowest BCUT2D eigenvalue weighted by atomic mass is 10.0. The number of nitrogens with one attached hydrogen (secondary N) is 4. The van der Waals surface area contributed by atoms with Crippen molar-refractivity contribution >= 4 is 46.4 Å². The molecule has 194 valence electrons. The fourth-order valence-corrected chi connectivity index (χ4v) is 3.38. The smallest absolute Gasteiger partial charge is 0.326 e. The maximum Gasteiger partial charge on any atom is 0.326 e. The van der Waals surface area contributed by atoms with E-state index in [1.165, 1.54) is 0 Å². The molecule has 0 aliphatic carbocycles. The van der Waals surface area contributed by atoms with Gasteiger partial charge in [0, 0.05) is 29.9 Å². The topological polar surface area (TPSA) is 253 Å². The number of carbonyl (C=O) groups is 6. The summed E-state index contributed by atoms with van der Waals surface area (Å²) in [6, 6.07) is 3.27. The highest BCUT2D eigenvalue weighted by Crippen LogP contribution is 2.19. The van der Waals surface area contributed by atoms with Crippen molar-refractivity contribution in [2.45, 2.75) is 43.8 Å². The van der Waals surface area contributed by atoms with Gasteiger partial charge in [-0.25, -0.2) is 4.79 Å². The molecule has 14 heteroatoms. The number of primary amides is 2. The van der Waals surface area contributed by atoms with E-state index in [0.717, 1.165) is 10.9 Å². The number of aromatic nitrogens is 1. The summed E-state index contributed by atoms with van der Waals surface area (Å²) in [6.45, 7) is -0.594. The lowest BCUT2D eigenvalue weighted by Crippen LogP contribution is -2.55. The zero-order valence-electron chi connectivity index (χ0n) is 19.3. The number of nitrogens with two attached hydrogens (primary N) is 3. The molecule has 11 N–H and O–H groups in total. The highest BCUT2D eigenvalue weighted by molar-refractivity contribution is 5.95. The quantitative estimate of drug-likeness (QED) is 0.135. The predicted octanol–water partition coefficient (Wildman–Crippen LogP) is -2.65. The molecule has 0 fully saturated rings. The molecule has 0 aliphatic heterocycles. The van der Waals surface area contributed by atoms with Gasteiger partial charge in [0.25, 0.3) is 0 Å². The standard InChI is InChI=1S/C22H29N7O7/c23-13(5-6-17(24)30)20(33)27-10-19(32)28-15(8-18(25)31)21(34)29-16(22(35)36)7-11-9-26-14-4-2-1-3-12(11)14/h1-4,9,13,15-16,26H,5-8,10,23H2,(H2,24,30)(H2,25,31)(H,27,33)(H,28,32)(H,29,34)(H,35,36). The Morgan fingerprint density at radius 2 is 1.64 bits per heavy atom. The van der Waals surface area contributed by atoms with Crippen molar-refractivity contribution < 1.29 is 33.9 Å². The van der Waals surface area contributed by atoms with E-state index < -0.39 is 66.6 Å². The summed E-state index contributed by atoms with van der Waals surface area (Å²) in [6.07, 6.45) is 0.810. The van der Waals surface area contributed by atoms with Crippen LogP contribution in [0, 0.1) is 0 Å². The second-order valence-corrected chi connectivity index (χ2v) is 8.08. The second-order valence-electron chi connectivity index (χ2n) is 8.08. The number of hydrogen-bond donors (Lipinski definition) is 8. The number of para-hydroxylation sites is 1. The van der Waals surface area contributed by atoms with Crippen molar-refractivity contribution in [3.05, 3.63) is 36.0 Å². The molecule has 0 bridgehead atoms. The van der Waals surface area contributed by atoms with Crippen LogP contribution in [0.2, 0.25) is 0 Å². The van der Waals surface area contributed by atoms with Crippen molar-refractivity contribution in [3.8, 4) is 0 Å². The van der Waals surface area contributed by atoms with E-state index in [4.69, 9.17) is 17.2 Å². The van der Waals surface area contributed by atoms with Gasteiger partial charge in [0.1, 0.15) is 12.1 Å². The minimum Gasteiger partial charge on any atom is -0.480 e. The minimum absolute atomic E-state index is 0.0253. The molecule has 36 heavy (non-hydrogen) atoms. The lowest BCUT2D eigenvalue weighted by molar-refractivity contribution is -0.142. The Hall–Kier alpha value is -4.46. The molecule has 0 spiro atoms. The van der Waals surface area contributed by atoms with Gasteiger partial charge >= 0.3 is 5.97 Å². The summed E-state index contributed by atoms with van der Waals surface area (Å²) in [4.78, 5) is 74.0. The van der Waals surface area contributed by atoms with E-state index in [1.54, 1.807) is 18.3 Å². The number of hydrogen-bond acceptors (Lipinski definition) is 7. The number of amides is 5. The Balaban J connectivity index is 2.00. The van der Waals surface area contributed by atoms with Gasteiger partial charge in [0.05, 0.1) is 19.0 Å². The van der Waals surface area contributed by atoms with E-state index in [1.807, 2.05) is 12.1 Å². The third-order valence-electron chi connectivity index (χ3n) is 5.23. The molecule has 1 aromatic carbocycles. The van der Waals surface area contributed by atoms with Crippen molar-refractivity contribution in [2.75, 3.05) is 6.54 Å². The predicted molar refractivity (Wildman–Crippen MR) is 127 cm³/mol. The van der Waals surface area contributed by atoms with E-state index in [0.29, 0.717) is 5.56 Å². The number of carboxylic acids is 1. The first-order valence-electron chi connectivity index (χ1n) is 10.9. The van der Waals surface area contributed by atoms with Crippen LogP contribution in [0.4, 0.5) is 0 Å². The van der Waals surface area contributed by atoms with Gasteiger partial charge in [-0.15, -0.1) is 0 Å². The largest absolute Gasteiger partial charge is 0.480 e. The lowest BCUT2D eigenvalue weighted by Gasteiger charge is -2.21. The van der Waals surface area contributed by atoms with Crippen molar-refractivity contribution in [3.63, 3.8) is 0 Å². The summed E-state index contributed by atoms with van der Waals surface area (Å²) in [5.41, 5.74) is 17.2. The van der Waals surface area contributed by atoms with Crippen LogP contribution in [0.15, 0.2) is 30.5 Å². The van der Waals surface area contributed by atoms with Crippen molar-refractivity contribution in [1.29, 1.82) is 0 Å². The maximum absolute atomic E-state index is 12.8. The molecule has 0 radical (unpaired) electrons. The van der Waals surface area contributed by atoms with E-state index >= 15 is 0 Å². The van der Waals surface area contributed by atoms with Crippen molar-refractivity contribution in [2.24, 2.45) is 17.2 Å². The Bertz CT molecular complexity index is 1150. The minimum atomic E-state index is -1.49. The SMILES string of the molecule is NC(=O)CCC(N)C(=O)NCC(=O)NC(CC(N)=O)C(=O)NC(Cc1c[nH]c2ccccc12)C(=O)O. The molecular weight excluding hydrogens is 474 g/mol. The van der Waals surface area contributed by atoms with E-state index in [-0.39, 0.29) is 19.3 Å². The third kappa shape index (κ3) is 8.39. The van der Waals surface area contributed by atoms with Crippen LogP contribution in [0.1, 0.15) is 24.8 Å². The zero-order chi connectivity index (χ0) is 26.8. The first kappa shape index (κ1) is 27.8. The number of carbonyl (C=O) groups excluding carboxylic acids is 5. The van der Waals surface area contributed by atoms with Crippen LogP contribution >= 0.6 is 0 Å². The zero-order valence-corrected chi connectivity index (χ0v) is 19.3. The summed E-state index contributed by atoms with van der Waals surface area (Å²) < 4.78 is 0. The summed E-state index contributed by atoms with van der Waals surface area (Å²) in [5, 5.41) is 17.2. The van der Waals surface area contributed by atoms with Gasteiger partial charge in [0.15, 0.2) is 0 Å². The number of aromatic amines is 1. The van der Waals surface area contributed by atoms with Gasteiger partial charge in [-0.1, -0.05) is 18.2 Å². The second kappa shape index (κ2) is 12.9. The van der Waals surface area contributed by atoms with Gasteiger partial charge in [-0.3, -0.25) is 24.0 Å². The number of aliphatic carboxylic acids is 1. The molecule has 2 aromatic rings. The fourth-order valence-electron chi connectivity index (χ4n) is 3.38. The van der Waals surface area contributed by atoms with Gasteiger partial charge in [0.2, 0.25) is 29.5 Å². The molecule has 2 rings (SSSR count). The molecule has 0 saturated carbocycles. The molecule has 0 aliphatic rings. The Kier molecular flexibility index (Phi) is 9.92. The first-order valence-corrected chi connectivity index (χ1v) is 10.9. The van der Waals surface area contributed by atoms with Gasteiger partial charge in [-0.05, 0) is 18.1 Å². The highest BCUT2D eigenvalue weighted by Gasteiger charge is 2.28. The van der Waals surface area contributed by atoms with Crippen LogP contribution in [0.3, 0.4) is 0 Å². The molecule has 5 amide bonds. The first-order chi connectivity index (χ1) is 17.0. The number of rotatable bonds is 14. The van der Waals surface area contributed by atoms with Crippen LogP contribution in [-0.4, -0.2) is 70.3 Å². The molecular formula is C22H29N7O7. The number of benzene rings is 1. The number of H-pyrrole nitrogens is 1. The molecule has 1 heterocycles. The van der Waals surface area contributed by atoms with Crippen LogP contribution in [0.25, 0.3) is 10.9 Å². The molecule has 1 aromatic heterocycles. The van der Waals surface area contributed by atoms with Crippen molar-refractivity contribution in [1.82, 2.24) is 20.9 Å².